The van der Waals surface area contributed by atoms with Crippen molar-refractivity contribution in [2.75, 3.05) is 10.8 Å². The molecule has 1 aliphatic rings. The average Bonchev–Trinajstić information content (AvgIpc) is 2.91. The van der Waals surface area contributed by atoms with Gasteiger partial charge in [-0.1, -0.05) is 17.7 Å². The van der Waals surface area contributed by atoms with Crippen LogP contribution in [0.3, 0.4) is 0 Å². The lowest BCUT2D eigenvalue weighted by molar-refractivity contribution is 0.0955. The smallest absolute Gasteiger partial charge is 0.264 e. The summed E-state index contributed by atoms with van der Waals surface area (Å²) in [5.74, 6) is -0.141. The van der Waals surface area contributed by atoms with Crippen molar-refractivity contribution >= 4 is 21.6 Å². The van der Waals surface area contributed by atoms with Crippen LogP contribution in [0.25, 0.3) is 0 Å². The topological polar surface area (TPSA) is 66.5 Å². The van der Waals surface area contributed by atoms with Crippen LogP contribution >= 0.6 is 0 Å². The fourth-order valence-corrected chi connectivity index (χ4v) is 4.89. The van der Waals surface area contributed by atoms with Crippen LogP contribution in [-0.2, 0) is 16.4 Å². The van der Waals surface area contributed by atoms with E-state index in [-0.39, 0.29) is 16.8 Å². The molecule has 1 amide bonds. The highest BCUT2D eigenvalue weighted by molar-refractivity contribution is 7.92. The van der Waals surface area contributed by atoms with Crippen LogP contribution in [0.4, 0.5) is 5.69 Å². The Morgan fingerprint density at radius 2 is 1.88 bits per heavy atom. The monoisotopic (exact) mass is 358 g/mol. The van der Waals surface area contributed by atoms with Crippen molar-refractivity contribution in [1.82, 2.24) is 5.32 Å². The largest absolute Gasteiger partial charge is 0.352 e. The van der Waals surface area contributed by atoms with Crippen molar-refractivity contribution in [2.24, 2.45) is 0 Å². The maximum Gasteiger partial charge on any atom is 0.264 e. The quantitative estimate of drug-likeness (QED) is 0.914. The van der Waals surface area contributed by atoms with Gasteiger partial charge < -0.3 is 5.32 Å². The van der Waals surface area contributed by atoms with Gasteiger partial charge in [0.15, 0.2) is 0 Å². The molecule has 1 aliphatic heterocycles. The summed E-state index contributed by atoms with van der Waals surface area (Å²) in [6.45, 7) is 6.23. The number of anilines is 1. The highest BCUT2D eigenvalue weighted by atomic mass is 32.2. The first kappa shape index (κ1) is 17.5. The van der Waals surface area contributed by atoms with E-state index in [4.69, 9.17) is 0 Å². The van der Waals surface area contributed by atoms with Gasteiger partial charge in [0, 0.05) is 18.2 Å². The maximum absolute atomic E-state index is 13.1. The molecular formula is C19H22N2O3S. The van der Waals surface area contributed by atoms with Crippen LogP contribution in [0, 0.1) is 6.92 Å². The molecule has 25 heavy (non-hydrogen) atoms. The first-order chi connectivity index (χ1) is 11.8. The number of hydrogen-bond donors (Lipinski definition) is 1. The summed E-state index contributed by atoms with van der Waals surface area (Å²) in [5.41, 5.74) is 3.11. The van der Waals surface area contributed by atoms with Crippen molar-refractivity contribution in [1.29, 1.82) is 0 Å². The molecular weight excluding hydrogens is 336 g/mol. The fourth-order valence-electron chi connectivity index (χ4n) is 3.20. The van der Waals surface area contributed by atoms with Crippen molar-refractivity contribution < 1.29 is 13.2 Å². The molecule has 3 rings (SSSR count). The number of rotatable bonds is 4. The number of sulfonamides is 1. The lowest BCUT2D eigenvalue weighted by Crippen LogP contribution is -2.35. The number of carbonyl (C=O) groups excluding carboxylic acids is 1. The van der Waals surface area contributed by atoms with Gasteiger partial charge >= 0.3 is 0 Å². The third-order valence-electron chi connectivity index (χ3n) is 4.41. The Bertz CT molecular complexity index is 905. The molecule has 0 bridgehead atoms. The van der Waals surface area contributed by atoms with E-state index in [0.29, 0.717) is 24.2 Å². The van der Waals surface area contributed by atoms with E-state index in [1.165, 1.54) is 4.31 Å². The van der Waals surface area contributed by atoms with Crippen LogP contribution in [0.2, 0.25) is 0 Å². The molecule has 0 aliphatic carbocycles. The van der Waals surface area contributed by atoms with Crippen LogP contribution in [0.1, 0.15) is 35.3 Å². The predicted molar refractivity (Wildman–Crippen MR) is 98.5 cm³/mol. The molecule has 0 spiro atoms. The number of benzene rings is 2. The molecule has 132 valence electrons. The minimum Gasteiger partial charge on any atom is -0.352 e. The number of hydrogen-bond acceptors (Lipinski definition) is 3. The minimum atomic E-state index is -3.63. The molecule has 1 atom stereocenters. The summed E-state index contributed by atoms with van der Waals surface area (Å²) in [5, 5.41) is 2.77. The molecule has 1 heterocycles. The van der Waals surface area contributed by atoms with Gasteiger partial charge in [0.05, 0.1) is 10.6 Å². The number of aryl methyl sites for hydroxylation is 1. The first-order valence-corrected chi connectivity index (χ1v) is 9.81. The Balaban J connectivity index is 2.00. The van der Waals surface area contributed by atoms with Gasteiger partial charge in [-0.2, -0.15) is 0 Å². The Morgan fingerprint density at radius 3 is 2.52 bits per heavy atom. The maximum atomic E-state index is 13.1. The van der Waals surface area contributed by atoms with Crippen LogP contribution in [0.5, 0.6) is 0 Å². The highest BCUT2D eigenvalue weighted by Gasteiger charge is 2.36. The van der Waals surface area contributed by atoms with Gasteiger partial charge in [0.1, 0.15) is 0 Å². The lowest BCUT2D eigenvalue weighted by Gasteiger charge is -2.24. The number of nitrogens with one attached hydrogen (secondary N) is 1. The number of carbonyl (C=O) groups is 1. The van der Waals surface area contributed by atoms with Crippen LogP contribution in [-0.4, -0.2) is 26.9 Å². The zero-order valence-corrected chi connectivity index (χ0v) is 15.4. The Hall–Kier alpha value is -2.34. The van der Waals surface area contributed by atoms with Gasteiger partial charge in [-0.15, -0.1) is 0 Å². The zero-order chi connectivity index (χ0) is 18.2. The number of nitrogens with zero attached hydrogens (tertiary/aromatic N) is 1. The van der Waals surface area contributed by atoms with Crippen molar-refractivity contribution in [3.63, 3.8) is 0 Å². The van der Waals surface area contributed by atoms with Gasteiger partial charge in [-0.25, -0.2) is 8.42 Å². The third-order valence-corrected chi connectivity index (χ3v) is 6.35. The average molecular weight is 358 g/mol. The SMILES string of the molecule is CCNC(=O)c1ccc2c(c1)C[C@H](C)N2S(=O)(=O)c1ccc(C)cc1. The molecule has 0 saturated carbocycles. The van der Waals surface area contributed by atoms with Crippen molar-refractivity contribution in [3.8, 4) is 0 Å². The van der Waals surface area contributed by atoms with Gasteiger partial charge in [0.25, 0.3) is 15.9 Å². The zero-order valence-electron chi connectivity index (χ0n) is 14.6. The fraction of sp³-hybridized carbons (Fsp3) is 0.316. The summed E-state index contributed by atoms with van der Waals surface area (Å²) in [6.07, 6.45) is 0.591. The van der Waals surface area contributed by atoms with Crippen molar-refractivity contribution in [3.05, 3.63) is 59.2 Å². The standard InChI is InChI=1S/C19H22N2O3S/c1-4-20-19(22)15-7-10-18-16(12-15)11-14(3)21(18)25(23,24)17-8-5-13(2)6-9-17/h5-10,12,14H,4,11H2,1-3H3,(H,20,22)/t14-/m0/s1. The molecule has 0 saturated heterocycles. The lowest BCUT2D eigenvalue weighted by atomic mass is 10.1. The van der Waals surface area contributed by atoms with E-state index in [1.807, 2.05) is 20.8 Å². The summed E-state index contributed by atoms with van der Waals surface area (Å²) in [4.78, 5) is 12.3. The molecule has 0 aromatic heterocycles. The van der Waals surface area contributed by atoms with E-state index in [2.05, 4.69) is 5.32 Å². The molecule has 0 radical (unpaired) electrons. The van der Waals surface area contributed by atoms with Gasteiger partial charge in [-0.3, -0.25) is 9.10 Å². The van der Waals surface area contributed by atoms with Crippen molar-refractivity contribution in [2.45, 2.75) is 38.1 Å². The van der Waals surface area contributed by atoms with Gasteiger partial charge in [0.2, 0.25) is 0 Å². The molecule has 6 heteroatoms. The summed E-state index contributed by atoms with van der Waals surface area (Å²) in [6, 6.07) is 11.9. The highest BCUT2D eigenvalue weighted by Crippen LogP contribution is 2.37. The second kappa shape index (κ2) is 6.52. The van der Waals surface area contributed by atoms with E-state index in [1.54, 1.807) is 42.5 Å². The summed E-state index contributed by atoms with van der Waals surface area (Å²) < 4.78 is 27.6. The molecule has 2 aromatic rings. The van der Waals surface area contributed by atoms with E-state index >= 15 is 0 Å². The van der Waals surface area contributed by atoms with E-state index < -0.39 is 10.0 Å². The van der Waals surface area contributed by atoms with Crippen LogP contribution < -0.4 is 9.62 Å². The van der Waals surface area contributed by atoms with Gasteiger partial charge in [-0.05, 0) is 63.1 Å². The second-order valence-corrected chi connectivity index (χ2v) is 8.18. The van der Waals surface area contributed by atoms with E-state index in [9.17, 15) is 13.2 Å². The Labute approximate surface area is 148 Å². The Kier molecular flexibility index (Phi) is 4.56. The number of amides is 1. The third kappa shape index (κ3) is 3.14. The summed E-state index contributed by atoms with van der Waals surface area (Å²) in [7, 11) is -3.63. The summed E-state index contributed by atoms with van der Waals surface area (Å²) >= 11 is 0. The normalized spacial score (nSPS) is 16.6. The molecule has 0 unspecified atom stereocenters. The Morgan fingerprint density at radius 1 is 1.20 bits per heavy atom. The molecule has 0 fully saturated rings. The van der Waals surface area contributed by atoms with E-state index in [0.717, 1.165) is 11.1 Å². The molecule has 1 N–H and O–H groups in total. The second-order valence-electron chi connectivity index (χ2n) is 6.37. The number of fused-ring (bicyclic) bond motifs is 1. The van der Waals surface area contributed by atoms with Crippen LogP contribution in [0.15, 0.2) is 47.4 Å². The minimum absolute atomic E-state index is 0.141. The predicted octanol–water partition coefficient (Wildman–Crippen LogP) is 2.88. The molecule has 2 aromatic carbocycles. The first-order valence-electron chi connectivity index (χ1n) is 8.37. The molecule has 5 nitrogen and oxygen atoms in total.